The molecule has 0 bridgehead atoms. The molecule has 2 fully saturated rings. The molecule has 0 aromatic heterocycles. The van der Waals surface area contributed by atoms with Gasteiger partial charge in [-0.2, -0.15) is 0 Å². The SMILES string of the molecule is CCNC(=NCc1ccc(C)cc1OCC1CCCO1)NCC(C1CC1)N(C)C. The zero-order chi connectivity index (χ0) is 20.6. The quantitative estimate of drug-likeness (QED) is 0.465. The van der Waals surface area contributed by atoms with Gasteiger partial charge in [0.2, 0.25) is 0 Å². The molecule has 3 rings (SSSR count). The van der Waals surface area contributed by atoms with Crippen LogP contribution >= 0.6 is 0 Å². The number of hydrogen-bond donors (Lipinski definition) is 2. The van der Waals surface area contributed by atoms with E-state index in [0.717, 1.165) is 55.7 Å². The van der Waals surface area contributed by atoms with Crippen LogP contribution in [0.3, 0.4) is 0 Å². The summed E-state index contributed by atoms with van der Waals surface area (Å²) in [5, 5.41) is 6.91. The maximum absolute atomic E-state index is 6.12. The van der Waals surface area contributed by atoms with Gasteiger partial charge in [-0.05, 0) is 71.2 Å². The van der Waals surface area contributed by atoms with Gasteiger partial charge in [-0.25, -0.2) is 4.99 Å². The van der Waals surface area contributed by atoms with Crippen molar-refractivity contribution in [3.8, 4) is 5.75 Å². The molecular formula is C23H38N4O2. The molecule has 2 unspecified atom stereocenters. The first-order valence-corrected chi connectivity index (χ1v) is 11.1. The lowest BCUT2D eigenvalue weighted by Gasteiger charge is -2.25. The Bertz CT molecular complexity index is 665. The van der Waals surface area contributed by atoms with E-state index in [4.69, 9.17) is 14.5 Å². The molecule has 1 aromatic rings. The fraction of sp³-hybridized carbons (Fsp3) is 0.696. The van der Waals surface area contributed by atoms with E-state index in [9.17, 15) is 0 Å². The van der Waals surface area contributed by atoms with Crippen molar-refractivity contribution in [3.05, 3.63) is 29.3 Å². The zero-order valence-electron chi connectivity index (χ0n) is 18.5. The van der Waals surface area contributed by atoms with E-state index < -0.39 is 0 Å². The molecular weight excluding hydrogens is 364 g/mol. The van der Waals surface area contributed by atoms with Gasteiger partial charge < -0.3 is 25.0 Å². The van der Waals surface area contributed by atoms with Crippen LogP contribution in [0.15, 0.2) is 23.2 Å². The van der Waals surface area contributed by atoms with Crippen LogP contribution in [0.4, 0.5) is 0 Å². The molecule has 1 aliphatic carbocycles. The molecule has 1 aliphatic heterocycles. The fourth-order valence-corrected chi connectivity index (χ4v) is 3.84. The standard InChI is InChI=1S/C23H38N4O2/c1-5-24-23(26-15-21(27(3)4)18-10-11-18)25-14-19-9-8-17(2)13-22(19)29-16-20-7-6-12-28-20/h8-9,13,18,20-21H,5-7,10-12,14-16H2,1-4H3,(H2,24,25,26). The molecule has 1 saturated carbocycles. The first-order valence-electron chi connectivity index (χ1n) is 11.1. The monoisotopic (exact) mass is 402 g/mol. The number of rotatable bonds is 10. The lowest BCUT2D eigenvalue weighted by molar-refractivity contribution is 0.0676. The van der Waals surface area contributed by atoms with E-state index in [-0.39, 0.29) is 6.10 Å². The van der Waals surface area contributed by atoms with Gasteiger partial charge in [0, 0.05) is 31.3 Å². The van der Waals surface area contributed by atoms with Crippen molar-refractivity contribution < 1.29 is 9.47 Å². The molecule has 29 heavy (non-hydrogen) atoms. The fourth-order valence-electron chi connectivity index (χ4n) is 3.84. The van der Waals surface area contributed by atoms with Gasteiger partial charge in [0.25, 0.3) is 0 Å². The zero-order valence-corrected chi connectivity index (χ0v) is 18.5. The Morgan fingerprint density at radius 3 is 2.76 bits per heavy atom. The highest BCUT2D eigenvalue weighted by Crippen LogP contribution is 2.34. The number of hydrogen-bond acceptors (Lipinski definition) is 4. The van der Waals surface area contributed by atoms with Crippen molar-refractivity contribution in [2.24, 2.45) is 10.9 Å². The predicted octanol–water partition coefficient (Wildman–Crippen LogP) is 2.95. The molecule has 1 heterocycles. The van der Waals surface area contributed by atoms with Crippen LogP contribution in [-0.2, 0) is 11.3 Å². The van der Waals surface area contributed by atoms with Crippen LogP contribution in [0.25, 0.3) is 0 Å². The second kappa shape index (κ2) is 10.8. The van der Waals surface area contributed by atoms with Gasteiger partial charge in [0.15, 0.2) is 5.96 Å². The highest BCUT2D eigenvalue weighted by Gasteiger charge is 2.32. The molecule has 0 spiro atoms. The van der Waals surface area contributed by atoms with Crippen LogP contribution in [0, 0.1) is 12.8 Å². The van der Waals surface area contributed by atoms with Crippen LogP contribution in [0.1, 0.15) is 43.7 Å². The Morgan fingerprint density at radius 2 is 2.10 bits per heavy atom. The minimum atomic E-state index is 0.219. The minimum absolute atomic E-state index is 0.219. The van der Waals surface area contributed by atoms with Crippen LogP contribution in [0.5, 0.6) is 5.75 Å². The van der Waals surface area contributed by atoms with E-state index in [1.165, 1.54) is 18.4 Å². The molecule has 2 aliphatic rings. The van der Waals surface area contributed by atoms with Crippen molar-refractivity contribution in [1.29, 1.82) is 0 Å². The molecule has 162 valence electrons. The Balaban J connectivity index is 1.61. The number of nitrogens with one attached hydrogen (secondary N) is 2. The van der Waals surface area contributed by atoms with Gasteiger partial charge in [0.05, 0.1) is 12.6 Å². The molecule has 6 heteroatoms. The Morgan fingerprint density at radius 1 is 1.28 bits per heavy atom. The number of guanidine groups is 1. The van der Waals surface area contributed by atoms with Gasteiger partial charge in [-0.1, -0.05) is 12.1 Å². The lowest BCUT2D eigenvalue weighted by atomic mass is 10.1. The van der Waals surface area contributed by atoms with E-state index in [1.807, 2.05) is 0 Å². The summed E-state index contributed by atoms with van der Waals surface area (Å²) >= 11 is 0. The Hall–Kier alpha value is -1.79. The van der Waals surface area contributed by atoms with E-state index >= 15 is 0 Å². The lowest BCUT2D eigenvalue weighted by Crippen LogP contribution is -2.46. The second-order valence-corrected chi connectivity index (χ2v) is 8.50. The minimum Gasteiger partial charge on any atom is -0.491 e. The third-order valence-corrected chi connectivity index (χ3v) is 5.73. The summed E-state index contributed by atoms with van der Waals surface area (Å²) in [6.07, 6.45) is 5.11. The van der Waals surface area contributed by atoms with Crippen molar-refractivity contribution >= 4 is 5.96 Å². The second-order valence-electron chi connectivity index (χ2n) is 8.50. The average molecular weight is 403 g/mol. The third-order valence-electron chi connectivity index (χ3n) is 5.73. The highest BCUT2D eigenvalue weighted by atomic mass is 16.5. The van der Waals surface area contributed by atoms with Crippen molar-refractivity contribution in [3.63, 3.8) is 0 Å². The van der Waals surface area contributed by atoms with E-state index in [0.29, 0.717) is 19.2 Å². The summed E-state index contributed by atoms with van der Waals surface area (Å²) < 4.78 is 11.8. The molecule has 1 saturated heterocycles. The molecule has 0 amide bonds. The van der Waals surface area contributed by atoms with Crippen LogP contribution in [0.2, 0.25) is 0 Å². The summed E-state index contributed by atoms with van der Waals surface area (Å²) in [5.41, 5.74) is 2.31. The number of aliphatic imine (C=N–C) groups is 1. The van der Waals surface area contributed by atoms with Gasteiger partial charge in [-0.3, -0.25) is 0 Å². The maximum Gasteiger partial charge on any atom is 0.191 e. The van der Waals surface area contributed by atoms with Crippen molar-refractivity contribution in [2.75, 3.05) is 40.4 Å². The number of likely N-dealkylation sites (N-methyl/N-ethyl adjacent to an activating group) is 1. The molecule has 1 aromatic carbocycles. The molecule has 2 atom stereocenters. The van der Waals surface area contributed by atoms with E-state index in [2.05, 4.69) is 61.7 Å². The largest absolute Gasteiger partial charge is 0.491 e. The van der Waals surface area contributed by atoms with E-state index in [1.54, 1.807) is 0 Å². The number of ether oxygens (including phenoxy) is 2. The Labute approximate surface area is 176 Å². The third kappa shape index (κ3) is 6.89. The molecule has 6 nitrogen and oxygen atoms in total. The first-order chi connectivity index (χ1) is 14.1. The van der Waals surface area contributed by atoms with Gasteiger partial charge >= 0.3 is 0 Å². The summed E-state index contributed by atoms with van der Waals surface area (Å²) in [5.74, 6) is 2.60. The van der Waals surface area contributed by atoms with Crippen molar-refractivity contribution in [1.82, 2.24) is 15.5 Å². The van der Waals surface area contributed by atoms with Gasteiger partial charge in [0.1, 0.15) is 12.4 Å². The Kier molecular flexibility index (Phi) is 8.19. The number of aryl methyl sites for hydroxylation is 1. The summed E-state index contributed by atoms with van der Waals surface area (Å²) in [7, 11) is 4.33. The van der Waals surface area contributed by atoms with Crippen molar-refractivity contribution in [2.45, 2.75) is 58.2 Å². The first kappa shape index (κ1) is 21.9. The summed E-state index contributed by atoms with van der Waals surface area (Å²) in [6, 6.07) is 6.91. The molecule has 0 radical (unpaired) electrons. The maximum atomic E-state index is 6.12. The van der Waals surface area contributed by atoms with Gasteiger partial charge in [-0.15, -0.1) is 0 Å². The smallest absolute Gasteiger partial charge is 0.191 e. The topological polar surface area (TPSA) is 58.1 Å². The number of nitrogens with zero attached hydrogens (tertiary/aromatic N) is 2. The summed E-state index contributed by atoms with van der Waals surface area (Å²) in [4.78, 5) is 7.15. The van der Waals surface area contributed by atoms with Crippen LogP contribution in [-0.4, -0.2) is 63.4 Å². The highest BCUT2D eigenvalue weighted by molar-refractivity contribution is 5.79. The van der Waals surface area contributed by atoms with Crippen LogP contribution < -0.4 is 15.4 Å². The normalized spacial score (nSPS) is 20.7. The predicted molar refractivity (Wildman–Crippen MR) is 119 cm³/mol. The number of benzene rings is 1. The molecule has 2 N–H and O–H groups in total. The summed E-state index contributed by atoms with van der Waals surface area (Å²) in [6.45, 7) is 8.01. The average Bonchev–Trinajstić information content (AvgIpc) is 3.39.